The maximum Gasteiger partial charge on any atom is 0.0213 e. The van der Waals surface area contributed by atoms with E-state index in [-0.39, 0.29) is 50.7 Å². The number of halogens is 2. The first kappa shape index (κ1) is 26.7. The molecule has 0 atom stereocenters. The molecule has 1 aliphatic rings. The molecule has 0 saturated carbocycles. The van der Waals surface area contributed by atoms with Gasteiger partial charge >= 0.3 is 0 Å². The molecule has 0 aliphatic heterocycles. The van der Waals surface area contributed by atoms with Crippen LogP contribution in [0.25, 0.3) is 5.73 Å². The summed E-state index contributed by atoms with van der Waals surface area (Å²) in [6.07, 6.45) is 10.0. The first-order valence-corrected chi connectivity index (χ1v) is 7.34. The fourth-order valence-corrected chi connectivity index (χ4v) is 0.778. The summed E-state index contributed by atoms with van der Waals surface area (Å²) in [5, 5.41) is 0. The first-order valence-electron chi connectivity index (χ1n) is 5.03. The molecule has 2 rings (SSSR count). The van der Waals surface area contributed by atoms with Crippen LogP contribution < -0.4 is 0 Å². The van der Waals surface area contributed by atoms with Gasteiger partial charge in [-0.3, -0.25) is 6.08 Å². The maximum atomic E-state index is 7.00. The molecule has 5 heteroatoms. The zero-order chi connectivity index (χ0) is 11.4. The van der Waals surface area contributed by atoms with Gasteiger partial charge in [0.05, 0.1) is 0 Å². The predicted octanol–water partition coefficient (Wildman–Crippen LogP) is 5.04. The first-order chi connectivity index (χ1) is 7.31. The number of allylic oxidation sites excluding steroid dienone is 4. The van der Waals surface area contributed by atoms with Crippen molar-refractivity contribution in [2.75, 3.05) is 0 Å². The van der Waals surface area contributed by atoms with Gasteiger partial charge in [-0.15, -0.1) is 36.9 Å². The number of hydrogen-bond acceptors (Lipinski definition) is 0. The van der Waals surface area contributed by atoms with Crippen molar-refractivity contribution < 1.29 is 25.8 Å². The molecule has 18 heavy (non-hydrogen) atoms. The molecule has 1 aromatic carbocycles. The molecule has 0 bridgehead atoms. The van der Waals surface area contributed by atoms with E-state index in [2.05, 4.69) is 25.2 Å². The minimum atomic E-state index is 0. The summed E-state index contributed by atoms with van der Waals surface area (Å²) in [6, 6.07) is 9.10. The fraction of sp³-hybridized carbons (Fsp3) is 0.231. The molecule has 0 spiro atoms. The molecular formula is C13H20Cl2HfNSi-2. The second kappa shape index (κ2) is 22.4. The van der Waals surface area contributed by atoms with Gasteiger partial charge in [0.25, 0.3) is 0 Å². The Labute approximate surface area is 145 Å². The minimum Gasteiger partial charge on any atom is -0.699 e. The molecule has 1 aromatic rings. The van der Waals surface area contributed by atoms with Gasteiger partial charge in [0.15, 0.2) is 0 Å². The molecule has 1 radical (unpaired) electrons. The van der Waals surface area contributed by atoms with Crippen molar-refractivity contribution in [3.05, 3.63) is 60.4 Å². The van der Waals surface area contributed by atoms with E-state index in [1.54, 1.807) is 12.1 Å². The summed E-state index contributed by atoms with van der Waals surface area (Å²) >= 11 is 0. The number of nitrogens with one attached hydrogen (secondary N) is 1. The molecule has 0 fully saturated rings. The second-order valence-electron chi connectivity index (χ2n) is 2.95. The summed E-state index contributed by atoms with van der Waals surface area (Å²) in [5.74, 6) is 0. The Morgan fingerprint density at radius 1 is 1.11 bits per heavy atom. The van der Waals surface area contributed by atoms with Crippen molar-refractivity contribution in [2.24, 2.45) is 0 Å². The normalized spacial score (nSPS) is 9.22. The van der Waals surface area contributed by atoms with Crippen molar-refractivity contribution in [1.29, 1.82) is 0 Å². The van der Waals surface area contributed by atoms with Crippen LogP contribution in [0.3, 0.4) is 0 Å². The van der Waals surface area contributed by atoms with Crippen LogP contribution in [0.5, 0.6) is 0 Å². The molecular weight excluding hydrogens is 448 g/mol. The van der Waals surface area contributed by atoms with E-state index in [0.29, 0.717) is 5.69 Å². The van der Waals surface area contributed by atoms with Crippen molar-refractivity contribution in [2.45, 2.75) is 19.5 Å². The van der Waals surface area contributed by atoms with Crippen molar-refractivity contribution >= 4 is 40.0 Å². The van der Waals surface area contributed by atoms with E-state index in [4.69, 9.17) is 5.73 Å². The standard InChI is InChI=1S/C6H6N.C5H5.C2H7Si.2ClH.Hf/c7-6-4-2-1-3-5-6;1-2-4-5-3-1;1-3-2;;;/h1-5,7H;1-3H,4H2;3H,1-2H3;2*1H;/q2*-1;;;;. The Kier molecular flexibility index (Phi) is 33.1. The van der Waals surface area contributed by atoms with E-state index in [0.717, 1.165) is 15.9 Å². The zero-order valence-corrected chi connectivity index (χ0v) is 17.1. The maximum absolute atomic E-state index is 7.00. The van der Waals surface area contributed by atoms with Crippen molar-refractivity contribution in [3.63, 3.8) is 0 Å². The van der Waals surface area contributed by atoms with Gasteiger partial charge in [0.2, 0.25) is 0 Å². The Morgan fingerprint density at radius 2 is 1.61 bits per heavy atom. The minimum absolute atomic E-state index is 0. The van der Waals surface area contributed by atoms with E-state index >= 15 is 0 Å². The largest absolute Gasteiger partial charge is 0.699 e. The molecule has 1 nitrogen and oxygen atoms in total. The Balaban J connectivity index is -0.0000000808. The van der Waals surface area contributed by atoms with E-state index in [1.165, 1.54) is 0 Å². The number of benzene rings is 1. The number of rotatable bonds is 0. The van der Waals surface area contributed by atoms with Crippen LogP contribution in [0.1, 0.15) is 6.42 Å². The molecule has 0 unspecified atom stereocenters. The SMILES string of the molecule is C[SiH]C.Cl.Cl.[C-]1=CC=CC1.[Hf].[NH-]c1ccccc1. The molecule has 0 amide bonds. The zero-order valence-electron chi connectivity index (χ0n) is 10.7. The van der Waals surface area contributed by atoms with Crippen LogP contribution in [0.4, 0.5) is 5.69 Å². The van der Waals surface area contributed by atoms with Gasteiger partial charge in [-0.05, 0) is 0 Å². The second-order valence-corrected chi connectivity index (χ2v) is 4.10. The van der Waals surface area contributed by atoms with Crippen LogP contribution in [-0.4, -0.2) is 9.52 Å². The predicted molar refractivity (Wildman–Crippen MR) is 85.4 cm³/mol. The molecule has 0 heterocycles. The van der Waals surface area contributed by atoms with Crippen LogP contribution in [0, 0.1) is 6.08 Å². The monoisotopic (exact) mass is 468 g/mol. The summed E-state index contributed by atoms with van der Waals surface area (Å²) < 4.78 is 0. The smallest absolute Gasteiger partial charge is 0.0213 e. The molecule has 0 saturated heterocycles. The topological polar surface area (TPSA) is 23.8 Å². The van der Waals surface area contributed by atoms with Gasteiger partial charge in [-0.2, -0.15) is 6.08 Å². The third-order valence-corrected chi connectivity index (χ3v) is 1.36. The fourth-order valence-electron chi connectivity index (χ4n) is 0.778. The summed E-state index contributed by atoms with van der Waals surface area (Å²) in [5.41, 5.74) is 7.57. The van der Waals surface area contributed by atoms with Gasteiger partial charge in [-0.1, -0.05) is 43.4 Å². The van der Waals surface area contributed by atoms with Crippen LogP contribution in [0.15, 0.2) is 48.6 Å². The summed E-state index contributed by atoms with van der Waals surface area (Å²) in [4.78, 5) is 0. The van der Waals surface area contributed by atoms with Gasteiger partial charge in [0.1, 0.15) is 0 Å². The number of hydrogen-bond donors (Lipinski definition) is 0. The average molecular weight is 468 g/mol. The Bertz CT molecular complexity index is 282. The van der Waals surface area contributed by atoms with E-state index in [9.17, 15) is 0 Å². The molecule has 0 aromatic heterocycles. The van der Waals surface area contributed by atoms with Crippen molar-refractivity contribution in [1.82, 2.24) is 0 Å². The van der Waals surface area contributed by atoms with Crippen molar-refractivity contribution in [3.8, 4) is 0 Å². The van der Waals surface area contributed by atoms with Crippen LogP contribution >= 0.6 is 24.8 Å². The Morgan fingerprint density at radius 3 is 1.78 bits per heavy atom. The third kappa shape index (κ3) is 21.5. The summed E-state index contributed by atoms with van der Waals surface area (Å²) in [6.45, 7) is 4.42. The summed E-state index contributed by atoms with van der Waals surface area (Å²) in [7, 11) is 0.750. The quantitative estimate of drug-likeness (QED) is 0.377. The van der Waals surface area contributed by atoms with E-state index < -0.39 is 0 Å². The van der Waals surface area contributed by atoms with Gasteiger partial charge < -0.3 is 5.73 Å². The van der Waals surface area contributed by atoms with E-state index in [1.807, 2.05) is 30.4 Å². The van der Waals surface area contributed by atoms with Gasteiger partial charge in [-0.25, -0.2) is 12.2 Å². The molecule has 101 valence electrons. The average Bonchev–Trinajstić information content (AvgIpc) is 2.78. The molecule has 1 aliphatic carbocycles. The Hall–Kier alpha value is 0.167. The third-order valence-electron chi connectivity index (χ3n) is 1.36. The molecule has 1 N–H and O–H groups in total. The van der Waals surface area contributed by atoms with Crippen LogP contribution in [0.2, 0.25) is 13.1 Å². The van der Waals surface area contributed by atoms with Gasteiger partial charge in [0, 0.05) is 35.4 Å². The van der Waals surface area contributed by atoms with Crippen LogP contribution in [-0.2, 0) is 25.8 Å².